The zero-order valence-corrected chi connectivity index (χ0v) is 26.8. The Hall–Kier alpha value is -1.90. The monoisotopic (exact) mass is 531 g/mol. The van der Waals surface area contributed by atoms with E-state index >= 15 is 0 Å². The quantitative estimate of drug-likeness (QED) is 0.355. The lowest BCUT2D eigenvalue weighted by Crippen LogP contribution is -2.14. The van der Waals surface area contributed by atoms with Crippen molar-refractivity contribution in [3.05, 3.63) is 97.0 Å². The Labute approximate surface area is 235 Å². The van der Waals surface area contributed by atoms with Crippen LogP contribution in [0, 0.1) is 10.8 Å². The van der Waals surface area contributed by atoms with Crippen LogP contribution in [-0.2, 0) is 10.8 Å². The highest BCUT2D eigenvalue weighted by atomic mass is 32.2. The molecule has 0 spiro atoms. The molecule has 0 unspecified atom stereocenters. The van der Waals surface area contributed by atoms with Gasteiger partial charge in [0.05, 0.1) is 0 Å². The summed E-state index contributed by atoms with van der Waals surface area (Å²) in [5.41, 5.74) is 5.46. The summed E-state index contributed by atoms with van der Waals surface area (Å²) in [6, 6.07) is 15.6. The van der Waals surface area contributed by atoms with E-state index < -0.39 is 0 Å². The van der Waals surface area contributed by atoms with Crippen LogP contribution in [0.3, 0.4) is 0 Å². The molecule has 0 N–H and O–H groups in total. The summed E-state index contributed by atoms with van der Waals surface area (Å²) in [5, 5.41) is 0. The fourth-order valence-corrected chi connectivity index (χ4v) is 6.37. The Morgan fingerprint density at radius 3 is 1.51 bits per heavy atom. The summed E-state index contributed by atoms with van der Waals surface area (Å²) in [7, 11) is 0. The lowest BCUT2D eigenvalue weighted by molar-refractivity contribution is 0.521. The zero-order valence-electron chi connectivity index (χ0n) is 25.2. The zero-order chi connectivity index (χ0) is 27.8. The maximum absolute atomic E-state index is 2.39. The van der Waals surface area contributed by atoms with E-state index in [2.05, 4.69) is 150 Å². The number of allylic oxidation sites excluding steroid dienone is 7. The van der Waals surface area contributed by atoms with Crippen molar-refractivity contribution in [2.24, 2.45) is 10.8 Å². The van der Waals surface area contributed by atoms with Crippen molar-refractivity contribution in [1.82, 2.24) is 0 Å². The molecule has 198 valence electrons. The Kier molecular flexibility index (Phi) is 8.57. The molecule has 1 aliphatic rings. The molecule has 1 aliphatic heterocycles. The van der Waals surface area contributed by atoms with Gasteiger partial charge in [0.1, 0.15) is 0 Å². The second kappa shape index (κ2) is 10.7. The number of rotatable bonds is 3. The Morgan fingerprint density at radius 1 is 0.649 bits per heavy atom. The van der Waals surface area contributed by atoms with Gasteiger partial charge in [0.25, 0.3) is 0 Å². The average Bonchev–Trinajstić information content (AvgIpc) is 2.76. The Morgan fingerprint density at radius 2 is 1.11 bits per heavy atom. The third kappa shape index (κ3) is 8.04. The van der Waals surface area contributed by atoms with Crippen LogP contribution in [0.2, 0.25) is 0 Å². The second-order valence-electron chi connectivity index (χ2n) is 14.3. The van der Waals surface area contributed by atoms with Crippen LogP contribution in [0.25, 0.3) is 11.6 Å². The van der Waals surface area contributed by atoms with Crippen LogP contribution in [-0.4, -0.2) is 0 Å². The van der Waals surface area contributed by atoms with Gasteiger partial charge in [-0.2, -0.15) is 0 Å². The summed E-state index contributed by atoms with van der Waals surface area (Å²) in [6.45, 7) is 27.8. The van der Waals surface area contributed by atoms with Crippen LogP contribution in [0.15, 0.2) is 76.1 Å². The van der Waals surface area contributed by atoms with Crippen LogP contribution in [0.4, 0.5) is 0 Å². The van der Waals surface area contributed by atoms with Crippen molar-refractivity contribution in [3.63, 3.8) is 0 Å². The minimum atomic E-state index is 0.106. The number of hydrogen-bond acceptors (Lipinski definition) is 1. The molecule has 1 aromatic heterocycles. The standard InChI is InChI=1S/C35H47S2/c1-32(2,3)28-20-24(21-29(36-28)33(4,5)6)18-27(26-16-14-13-15-17-26)19-25-22-30(34(7,8)9)37-31(23-25)35(10,11)12/h13-23H,1-12H3/q+1. The van der Waals surface area contributed by atoms with Crippen molar-refractivity contribution in [2.45, 2.75) is 93.9 Å². The lowest BCUT2D eigenvalue weighted by atomic mass is 9.90. The van der Waals surface area contributed by atoms with Crippen molar-refractivity contribution in [2.75, 3.05) is 0 Å². The lowest BCUT2D eigenvalue weighted by Gasteiger charge is -2.32. The van der Waals surface area contributed by atoms with Crippen LogP contribution in [0.5, 0.6) is 0 Å². The highest BCUT2D eigenvalue weighted by Crippen LogP contribution is 2.49. The summed E-state index contributed by atoms with van der Waals surface area (Å²) in [5.74, 6) is 0. The van der Waals surface area contributed by atoms with Gasteiger partial charge in [-0.05, 0) is 67.2 Å². The molecule has 0 fully saturated rings. The maximum atomic E-state index is 2.39. The van der Waals surface area contributed by atoms with E-state index in [1.807, 2.05) is 23.1 Å². The van der Waals surface area contributed by atoms with Gasteiger partial charge in [-0.15, -0.1) is 0 Å². The molecule has 0 aliphatic carbocycles. The van der Waals surface area contributed by atoms with Gasteiger partial charge in [-0.1, -0.05) is 125 Å². The molecule has 37 heavy (non-hydrogen) atoms. The highest BCUT2D eigenvalue weighted by Gasteiger charge is 2.32. The molecule has 3 rings (SSSR count). The first kappa shape index (κ1) is 29.7. The molecule has 0 saturated heterocycles. The fraction of sp³-hybridized carbons (Fsp3) is 0.457. The second-order valence-corrected chi connectivity index (χ2v) is 16.5. The summed E-state index contributed by atoms with van der Waals surface area (Å²) in [6.07, 6.45) is 9.56. The largest absolute Gasteiger partial charge is 0.219 e. The first-order valence-electron chi connectivity index (χ1n) is 13.4. The minimum absolute atomic E-state index is 0.106. The first-order chi connectivity index (χ1) is 16.8. The molecule has 2 aromatic rings. The van der Waals surface area contributed by atoms with E-state index in [0.29, 0.717) is 0 Å². The van der Waals surface area contributed by atoms with Crippen LogP contribution < -0.4 is 0 Å². The molecule has 0 nitrogen and oxygen atoms in total. The molecule has 0 radical (unpaired) electrons. The molecule has 1 aromatic carbocycles. The Balaban J connectivity index is 2.28. The smallest absolute Gasteiger partial charge is 0.0978 e. The molecule has 2 heterocycles. The van der Waals surface area contributed by atoms with Gasteiger partial charge in [0.2, 0.25) is 21.1 Å². The van der Waals surface area contributed by atoms with E-state index in [-0.39, 0.29) is 21.7 Å². The number of thioether (sulfide) groups is 1. The fourth-order valence-electron chi connectivity index (χ4n) is 3.89. The van der Waals surface area contributed by atoms with Crippen molar-refractivity contribution in [1.29, 1.82) is 0 Å². The van der Waals surface area contributed by atoms with Crippen LogP contribution in [0.1, 0.15) is 104 Å². The molecular weight excluding hydrogens is 485 g/mol. The van der Waals surface area contributed by atoms with Crippen LogP contribution >= 0.6 is 23.1 Å². The van der Waals surface area contributed by atoms with Gasteiger partial charge >= 0.3 is 0 Å². The third-order valence-corrected chi connectivity index (χ3v) is 10.1. The van der Waals surface area contributed by atoms with Gasteiger partial charge in [-0.25, -0.2) is 0 Å². The number of benzene rings is 1. The topological polar surface area (TPSA) is 0 Å². The Bertz CT molecular complexity index is 1180. The maximum Gasteiger partial charge on any atom is 0.219 e. The average molecular weight is 532 g/mol. The summed E-state index contributed by atoms with van der Waals surface area (Å²) in [4.78, 5) is 5.69. The van der Waals surface area contributed by atoms with Gasteiger partial charge < -0.3 is 0 Å². The van der Waals surface area contributed by atoms with E-state index in [1.54, 1.807) is 0 Å². The van der Waals surface area contributed by atoms with E-state index in [9.17, 15) is 0 Å². The first-order valence-corrected chi connectivity index (χ1v) is 15.1. The molecular formula is C35H47S2+. The predicted octanol–water partition coefficient (Wildman–Crippen LogP) is 11.7. The molecule has 2 heteroatoms. The molecule has 0 atom stereocenters. The van der Waals surface area contributed by atoms with E-state index in [0.717, 1.165) is 0 Å². The van der Waals surface area contributed by atoms with Gasteiger partial charge in [0, 0.05) is 23.0 Å². The predicted molar refractivity (Wildman–Crippen MR) is 171 cm³/mol. The normalized spacial score (nSPS) is 15.9. The summed E-state index contributed by atoms with van der Waals surface area (Å²) >= 11 is 3.90. The van der Waals surface area contributed by atoms with E-state index in [4.69, 9.17) is 0 Å². The highest BCUT2D eigenvalue weighted by molar-refractivity contribution is 8.06. The van der Waals surface area contributed by atoms with Gasteiger partial charge in [-0.3, -0.25) is 0 Å². The molecule has 0 saturated carbocycles. The minimum Gasteiger partial charge on any atom is -0.0978 e. The summed E-state index contributed by atoms with van der Waals surface area (Å²) < 4.78 is 0. The van der Waals surface area contributed by atoms with Crippen molar-refractivity contribution < 1.29 is 0 Å². The van der Waals surface area contributed by atoms with Gasteiger partial charge in [0.15, 0.2) is 0 Å². The molecule has 0 amide bonds. The number of hydrogen-bond donors (Lipinski definition) is 0. The van der Waals surface area contributed by atoms with Crippen molar-refractivity contribution in [3.8, 4) is 0 Å². The molecule has 0 bridgehead atoms. The van der Waals surface area contributed by atoms with Crippen molar-refractivity contribution >= 4 is 34.7 Å². The third-order valence-electron chi connectivity index (χ3n) is 6.34. The van der Waals surface area contributed by atoms with E-state index in [1.165, 1.54) is 41.8 Å². The SMILES string of the molecule is CC(C)(C)C1=CC(=CC(=Cc2cc(C(C)(C)C)[s+]c(C(C)(C)C)c2)c2ccccc2)C=C(C(C)(C)C)S1.